The number of sulfone groups is 1. The lowest BCUT2D eigenvalue weighted by molar-refractivity contribution is -0.147. The van der Waals surface area contributed by atoms with Crippen molar-refractivity contribution in [3.05, 3.63) is 0 Å². The van der Waals surface area contributed by atoms with E-state index in [4.69, 9.17) is 10.2 Å². The molecule has 19 heavy (non-hydrogen) atoms. The van der Waals surface area contributed by atoms with Crippen LogP contribution in [-0.2, 0) is 24.2 Å². The van der Waals surface area contributed by atoms with Crippen LogP contribution in [0.2, 0.25) is 0 Å². The van der Waals surface area contributed by atoms with Crippen LogP contribution in [0.15, 0.2) is 0 Å². The van der Waals surface area contributed by atoms with Crippen molar-refractivity contribution in [3.63, 3.8) is 0 Å². The number of amides is 1. The van der Waals surface area contributed by atoms with Gasteiger partial charge in [0.25, 0.3) is 0 Å². The van der Waals surface area contributed by atoms with Crippen LogP contribution in [0.3, 0.4) is 0 Å². The molecule has 1 aliphatic heterocycles. The molecule has 1 amide bonds. The molecule has 108 valence electrons. The summed E-state index contributed by atoms with van der Waals surface area (Å²) in [7, 11) is -3.10. The number of hydrogen-bond donors (Lipinski definition) is 3. The van der Waals surface area contributed by atoms with Crippen molar-refractivity contribution < 1.29 is 33.0 Å². The lowest BCUT2D eigenvalue weighted by Gasteiger charge is -2.14. The van der Waals surface area contributed by atoms with Gasteiger partial charge in [0, 0.05) is 6.42 Å². The zero-order chi connectivity index (χ0) is 14.6. The summed E-state index contributed by atoms with van der Waals surface area (Å²) in [6.07, 6.45) is -0.459. The van der Waals surface area contributed by atoms with Gasteiger partial charge < -0.3 is 15.5 Å². The lowest BCUT2D eigenvalue weighted by atomic mass is 10.0. The predicted octanol–water partition coefficient (Wildman–Crippen LogP) is -1.14. The summed E-state index contributed by atoms with van der Waals surface area (Å²) < 4.78 is 22.4. The number of nitrogens with one attached hydrogen (secondary N) is 1. The Morgan fingerprint density at radius 3 is 2.32 bits per heavy atom. The highest BCUT2D eigenvalue weighted by molar-refractivity contribution is 7.91. The molecule has 8 nitrogen and oxygen atoms in total. The second-order valence-corrected chi connectivity index (χ2v) is 6.76. The molecule has 0 radical (unpaired) electrons. The number of rotatable bonds is 6. The fourth-order valence-corrected chi connectivity index (χ4v) is 3.79. The molecule has 1 aliphatic rings. The lowest BCUT2D eigenvalue weighted by Crippen LogP contribution is -2.42. The first kappa shape index (κ1) is 15.4. The number of carbonyl (C=O) groups is 3. The molecular formula is C10H15NO7S. The Kier molecular flexibility index (Phi) is 4.87. The topological polar surface area (TPSA) is 138 Å². The highest BCUT2D eigenvalue weighted by atomic mass is 32.2. The van der Waals surface area contributed by atoms with E-state index in [0.717, 1.165) is 0 Å². The Morgan fingerprint density at radius 1 is 1.26 bits per heavy atom. The smallest absolute Gasteiger partial charge is 0.326 e. The van der Waals surface area contributed by atoms with Gasteiger partial charge in [0.15, 0.2) is 9.84 Å². The van der Waals surface area contributed by atoms with E-state index in [0.29, 0.717) is 6.42 Å². The first-order valence-electron chi connectivity index (χ1n) is 5.64. The summed E-state index contributed by atoms with van der Waals surface area (Å²) in [6, 6.07) is -1.50. The molecule has 0 aromatic heterocycles. The molecule has 0 bridgehead atoms. The fraction of sp³-hybridized carbons (Fsp3) is 0.700. The van der Waals surface area contributed by atoms with Crippen molar-refractivity contribution in [2.45, 2.75) is 25.3 Å². The summed E-state index contributed by atoms with van der Waals surface area (Å²) in [6.45, 7) is 0. The van der Waals surface area contributed by atoms with Gasteiger partial charge in [-0.2, -0.15) is 0 Å². The third-order valence-corrected chi connectivity index (χ3v) is 4.65. The zero-order valence-corrected chi connectivity index (χ0v) is 10.9. The van der Waals surface area contributed by atoms with E-state index in [1.54, 1.807) is 0 Å². The van der Waals surface area contributed by atoms with E-state index in [1.165, 1.54) is 0 Å². The maximum absolute atomic E-state index is 11.5. The van der Waals surface area contributed by atoms with Crippen molar-refractivity contribution in [2.24, 2.45) is 5.92 Å². The number of carbonyl (C=O) groups excluding carboxylic acids is 1. The number of carboxylic acid groups (broad SMARTS) is 2. The highest BCUT2D eigenvalue weighted by Crippen LogP contribution is 2.21. The molecule has 0 aromatic carbocycles. The number of aliphatic carboxylic acids is 2. The van der Waals surface area contributed by atoms with Crippen LogP contribution in [0.5, 0.6) is 0 Å². The van der Waals surface area contributed by atoms with E-state index in [-0.39, 0.29) is 23.8 Å². The first-order valence-corrected chi connectivity index (χ1v) is 7.46. The molecule has 3 N–H and O–H groups in total. The van der Waals surface area contributed by atoms with Gasteiger partial charge in [0.1, 0.15) is 6.04 Å². The predicted molar refractivity (Wildman–Crippen MR) is 63.2 cm³/mol. The molecular weight excluding hydrogens is 278 g/mol. The maximum atomic E-state index is 11.5. The van der Waals surface area contributed by atoms with Crippen LogP contribution in [0.25, 0.3) is 0 Å². The molecule has 0 saturated carbocycles. The maximum Gasteiger partial charge on any atom is 0.326 e. The van der Waals surface area contributed by atoms with Gasteiger partial charge >= 0.3 is 11.9 Å². The summed E-state index contributed by atoms with van der Waals surface area (Å²) in [5, 5.41) is 19.3. The normalized spacial score (nSPS) is 22.6. The van der Waals surface area contributed by atoms with Gasteiger partial charge in [-0.1, -0.05) is 0 Å². The Morgan fingerprint density at radius 2 is 1.89 bits per heavy atom. The van der Waals surface area contributed by atoms with Crippen LogP contribution < -0.4 is 5.32 Å². The third kappa shape index (κ3) is 5.25. The first-order chi connectivity index (χ1) is 8.69. The summed E-state index contributed by atoms with van der Waals surface area (Å²) >= 11 is 0. The molecule has 1 fully saturated rings. The largest absolute Gasteiger partial charge is 0.481 e. The van der Waals surface area contributed by atoms with Crippen LogP contribution in [0, 0.1) is 5.92 Å². The van der Waals surface area contributed by atoms with Crippen molar-refractivity contribution >= 4 is 27.7 Å². The minimum Gasteiger partial charge on any atom is -0.481 e. The Balaban J connectivity index is 2.49. The number of hydrogen-bond acceptors (Lipinski definition) is 5. The average molecular weight is 293 g/mol. The molecule has 1 rings (SSSR count). The van der Waals surface area contributed by atoms with Crippen molar-refractivity contribution in [2.75, 3.05) is 11.5 Å². The summed E-state index contributed by atoms with van der Waals surface area (Å²) in [5.41, 5.74) is 0. The number of carboxylic acids is 2. The SMILES string of the molecule is O=C(O)C[C@@H](NC(=O)CC1CCS(=O)(=O)C1)C(=O)O. The minimum atomic E-state index is -3.10. The van der Waals surface area contributed by atoms with Crippen LogP contribution >= 0.6 is 0 Å². The molecule has 9 heteroatoms. The van der Waals surface area contributed by atoms with Crippen molar-refractivity contribution in [1.29, 1.82) is 0 Å². The van der Waals surface area contributed by atoms with E-state index < -0.39 is 40.1 Å². The van der Waals surface area contributed by atoms with Crippen molar-refractivity contribution in [3.8, 4) is 0 Å². The van der Waals surface area contributed by atoms with E-state index in [9.17, 15) is 22.8 Å². The highest BCUT2D eigenvalue weighted by Gasteiger charge is 2.31. The van der Waals surface area contributed by atoms with E-state index in [1.807, 2.05) is 0 Å². The van der Waals surface area contributed by atoms with E-state index >= 15 is 0 Å². The second kappa shape index (κ2) is 6.00. The van der Waals surface area contributed by atoms with Gasteiger partial charge in [0.2, 0.25) is 5.91 Å². The third-order valence-electron chi connectivity index (χ3n) is 2.81. The van der Waals surface area contributed by atoms with Crippen LogP contribution in [0.1, 0.15) is 19.3 Å². The molecule has 1 heterocycles. The van der Waals surface area contributed by atoms with Gasteiger partial charge in [0.05, 0.1) is 17.9 Å². The van der Waals surface area contributed by atoms with E-state index in [2.05, 4.69) is 5.32 Å². The average Bonchev–Trinajstić information content (AvgIpc) is 2.56. The molecule has 0 aromatic rings. The summed E-state index contributed by atoms with van der Waals surface area (Å²) in [4.78, 5) is 32.7. The zero-order valence-electron chi connectivity index (χ0n) is 10.0. The van der Waals surface area contributed by atoms with Crippen molar-refractivity contribution in [1.82, 2.24) is 5.32 Å². The quantitative estimate of drug-likeness (QED) is 0.562. The minimum absolute atomic E-state index is 0.0302. The van der Waals surface area contributed by atoms with Crippen LogP contribution in [-0.4, -0.2) is 54.0 Å². The Bertz CT molecular complexity index is 484. The Labute approximate surface area is 109 Å². The summed E-state index contributed by atoms with van der Waals surface area (Å²) in [5.74, 6) is -3.80. The van der Waals surface area contributed by atoms with Crippen LogP contribution in [0.4, 0.5) is 0 Å². The molecule has 1 saturated heterocycles. The van der Waals surface area contributed by atoms with Gasteiger partial charge in [-0.15, -0.1) is 0 Å². The Hall–Kier alpha value is -1.64. The molecule has 0 spiro atoms. The fourth-order valence-electron chi connectivity index (χ4n) is 1.92. The monoisotopic (exact) mass is 293 g/mol. The molecule has 1 unspecified atom stereocenters. The molecule has 2 atom stereocenters. The van der Waals surface area contributed by atoms with Gasteiger partial charge in [-0.05, 0) is 12.3 Å². The standard InChI is InChI=1S/C10H15NO7S/c12-8(3-6-1-2-19(17,18)5-6)11-7(10(15)16)4-9(13)14/h6-7H,1-5H2,(H,11,12)(H,13,14)(H,15,16)/t6?,7-/m1/s1. The van der Waals surface area contributed by atoms with Gasteiger partial charge in [-0.3, -0.25) is 9.59 Å². The molecule has 0 aliphatic carbocycles. The van der Waals surface area contributed by atoms with Gasteiger partial charge in [-0.25, -0.2) is 13.2 Å². The second-order valence-electron chi connectivity index (χ2n) is 4.53.